The molecule has 1 aliphatic rings. The van der Waals surface area contributed by atoms with E-state index in [0.29, 0.717) is 22.9 Å². The number of benzene rings is 2. The van der Waals surface area contributed by atoms with E-state index in [0.717, 1.165) is 37.7 Å². The summed E-state index contributed by atoms with van der Waals surface area (Å²) in [6.45, 7) is 7.76. The minimum Gasteiger partial charge on any atom is -0.479 e. The highest BCUT2D eigenvalue weighted by atomic mass is 32.1. The van der Waals surface area contributed by atoms with Crippen LogP contribution < -0.4 is 0 Å². The van der Waals surface area contributed by atoms with Gasteiger partial charge in [0, 0.05) is 23.1 Å². The smallest absolute Gasteiger partial charge is 0.338 e. The molecular formula is C29H27N5O3S. The van der Waals surface area contributed by atoms with Gasteiger partial charge in [-0.05, 0) is 56.0 Å². The van der Waals surface area contributed by atoms with Crippen LogP contribution in [0.3, 0.4) is 0 Å². The normalized spacial score (nSPS) is 16.0. The van der Waals surface area contributed by atoms with Crippen LogP contribution in [0.2, 0.25) is 0 Å². The Hall–Kier alpha value is -4.13. The molecule has 9 heteroatoms. The first kappa shape index (κ1) is 25.5. The van der Waals surface area contributed by atoms with Crippen LogP contribution in [0.1, 0.15) is 58.2 Å². The number of aryl methyl sites for hydroxylation is 2. The van der Waals surface area contributed by atoms with Crippen LogP contribution in [0.4, 0.5) is 0 Å². The van der Waals surface area contributed by atoms with E-state index in [9.17, 15) is 15.2 Å². The van der Waals surface area contributed by atoms with Gasteiger partial charge in [0.05, 0.1) is 17.3 Å². The summed E-state index contributed by atoms with van der Waals surface area (Å²) >= 11 is 1.61. The van der Waals surface area contributed by atoms with Crippen LogP contribution in [0.25, 0.3) is 16.1 Å². The summed E-state index contributed by atoms with van der Waals surface area (Å²) in [4.78, 5) is 18.9. The summed E-state index contributed by atoms with van der Waals surface area (Å²) < 4.78 is 7.64. The number of hydrogen-bond acceptors (Lipinski definition) is 7. The molecule has 0 aliphatic carbocycles. The fourth-order valence-electron chi connectivity index (χ4n) is 5.03. The molecule has 2 aromatic carbocycles. The molecule has 4 aromatic rings. The largest absolute Gasteiger partial charge is 0.479 e. The molecule has 1 unspecified atom stereocenters. The second-order valence-electron chi connectivity index (χ2n) is 9.31. The zero-order chi connectivity index (χ0) is 27.2. The standard InChI is InChI=1S/C29H27N5O3S/c1-6-29(37-5,28(35)36)25-26-33-32-18(4)34(26)27-23(16(2)17(3)38-27)24(31-25)21-12-10-20(11-13-21)22-9-7-8-19(14-22)15-30/h7-14,25H,6H2,1-5H3,(H,35,36)/t25?,29-/m0/s1. The molecule has 2 atom stereocenters. The summed E-state index contributed by atoms with van der Waals surface area (Å²) in [5.74, 6) is -0.00658. The highest BCUT2D eigenvalue weighted by molar-refractivity contribution is 7.15. The molecule has 0 radical (unpaired) electrons. The van der Waals surface area contributed by atoms with Crippen molar-refractivity contribution in [3.8, 4) is 22.2 Å². The number of methoxy groups -OCH3 is 1. The number of carboxylic acids is 1. The number of nitrogens with zero attached hydrogens (tertiary/aromatic N) is 5. The van der Waals surface area contributed by atoms with Crippen molar-refractivity contribution in [2.24, 2.45) is 4.99 Å². The number of carbonyl (C=O) groups is 1. The van der Waals surface area contributed by atoms with Crippen molar-refractivity contribution in [2.45, 2.75) is 45.8 Å². The number of thiophene rings is 1. The van der Waals surface area contributed by atoms with Gasteiger partial charge < -0.3 is 9.84 Å². The zero-order valence-electron chi connectivity index (χ0n) is 21.8. The highest BCUT2D eigenvalue weighted by Crippen LogP contribution is 2.43. The Morgan fingerprint density at radius 2 is 1.84 bits per heavy atom. The fraction of sp³-hybridized carbons (Fsp3) is 0.276. The predicted octanol–water partition coefficient (Wildman–Crippen LogP) is 5.56. The van der Waals surface area contributed by atoms with Crippen molar-refractivity contribution < 1.29 is 14.6 Å². The van der Waals surface area contributed by atoms with Crippen LogP contribution in [0.15, 0.2) is 53.5 Å². The van der Waals surface area contributed by atoms with Crippen LogP contribution in [0.5, 0.6) is 0 Å². The molecule has 8 nitrogen and oxygen atoms in total. The molecule has 1 aliphatic heterocycles. The van der Waals surface area contributed by atoms with Crippen molar-refractivity contribution in [3.05, 3.63) is 87.3 Å². The monoisotopic (exact) mass is 525 g/mol. The van der Waals surface area contributed by atoms with E-state index in [1.165, 1.54) is 7.11 Å². The maximum Gasteiger partial charge on any atom is 0.338 e. The van der Waals surface area contributed by atoms with Gasteiger partial charge in [0.25, 0.3) is 0 Å². The Balaban J connectivity index is 1.75. The Morgan fingerprint density at radius 1 is 1.13 bits per heavy atom. The van der Waals surface area contributed by atoms with Crippen LogP contribution in [-0.2, 0) is 9.53 Å². The number of aliphatic carboxylic acids is 1. The molecule has 3 heterocycles. The van der Waals surface area contributed by atoms with Gasteiger partial charge in [0.15, 0.2) is 17.5 Å². The molecular weight excluding hydrogens is 498 g/mol. The van der Waals surface area contributed by atoms with E-state index in [-0.39, 0.29) is 6.42 Å². The summed E-state index contributed by atoms with van der Waals surface area (Å²) in [5, 5.41) is 29.3. The number of ether oxygens (including phenoxy) is 1. The number of aromatic nitrogens is 3. The van der Waals surface area contributed by atoms with Crippen molar-refractivity contribution in [1.29, 1.82) is 5.26 Å². The molecule has 0 saturated heterocycles. The van der Waals surface area contributed by atoms with Crippen LogP contribution >= 0.6 is 11.3 Å². The van der Waals surface area contributed by atoms with Gasteiger partial charge in [-0.2, -0.15) is 5.26 Å². The first-order valence-electron chi connectivity index (χ1n) is 12.3. The predicted molar refractivity (Wildman–Crippen MR) is 146 cm³/mol. The van der Waals surface area contributed by atoms with Crippen molar-refractivity contribution in [1.82, 2.24) is 14.8 Å². The van der Waals surface area contributed by atoms with Gasteiger partial charge in [0.2, 0.25) is 0 Å². The average molecular weight is 526 g/mol. The molecule has 2 aromatic heterocycles. The lowest BCUT2D eigenvalue weighted by Gasteiger charge is -2.32. The number of carboxylic acid groups (broad SMARTS) is 1. The van der Waals surface area contributed by atoms with E-state index in [2.05, 4.69) is 30.1 Å². The lowest BCUT2D eigenvalue weighted by Crippen LogP contribution is -2.46. The minimum atomic E-state index is -1.63. The molecule has 0 bridgehead atoms. The van der Waals surface area contributed by atoms with E-state index in [1.807, 2.05) is 54.0 Å². The number of rotatable bonds is 6. The van der Waals surface area contributed by atoms with Gasteiger partial charge in [-0.3, -0.25) is 9.56 Å². The van der Waals surface area contributed by atoms with Gasteiger partial charge in [-0.1, -0.05) is 43.3 Å². The van der Waals surface area contributed by atoms with E-state index in [4.69, 9.17) is 9.73 Å². The van der Waals surface area contributed by atoms with Gasteiger partial charge in [0.1, 0.15) is 10.8 Å². The Bertz CT molecular complexity index is 1620. The SMILES string of the molecule is CC[C@@](OC)(C(=O)O)C1N=C(c2ccc(-c3cccc(C#N)c3)cc2)c2c(sc(C)c2C)-n2c(C)nnc21. The van der Waals surface area contributed by atoms with E-state index in [1.54, 1.807) is 24.3 Å². The third kappa shape index (κ3) is 3.85. The summed E-state index contributed by atoms with van der Waals surface area (Å²) in [6.07, 6.45) is 0.187. The van der Waals surface area contributed by atoms with Crippen molar-refractivity contribution >= 4 is 23.0 Å². The maximum atomic E-state index is 12.7. The molecule has 0 amide bonds. The Labute approximate surface area is 224 Å². The number of fused-ring (bicyclic) bond motifs is 3. The maximum absolute atomic E-state index is 12.7. The lowest BCUT2D eigenvalue weighted by atomic mass is 9.90. The highest BCUT2D eigenvalue weighted by Gasteiger charge is 2.50. The van der Waals surface area contributed by atoms with Gasteiger partial charge >= 0.3 is 5.97 Å². The second-order valence-corrected chi connectivity index (χ2v) is 10.5. The molecule has 38 heavy (non-hydrogen) atoms. The quantitative estimate of drug-likeness (QED) is 0.352. The van der Waals surface area contributed by atoms with Gasteiger partial charge in [-0.15, -0.1) is 21.5 Å². The number of nitriles is 1. The molecule has 192 valence electrons. The molecule has 0 spiro atoms. The van der Waals surface area contributed by atoms with Crippen molar-refractivity contribution in [2.75, 3.05) is 7.11 Å². The molecule has 0 saturated carbocycles. The average Bonchev–Trinajstić information content (AvgIpc) is 3.40. The van der Waals surface area contributed by atoms with Gasteiger partial charge in [-0.25, -0.2) is 4.79 Å². The van der Waals surface area contributed by atoms with Crippen molar-refractivity contribution in [3.63, 3.8) is 0 Å². The first-order chi connectivity index (χ1) is 18.2. The zero-order valence-corrected chi connectivity index (χ0v) is 22.6. The first-order valence-corrected chi connectivity index (χ1v) is 13.1. The third-order valence-corrected chi connectivity index (χ3v) is 8.53. The topological polar surface area (TPSA) is 113 Å². The summed E-state index contributed by atoms with van der Waals surface area (Å²) in [5.41, 5.74) is 4.42. The molecule has 0 fully saturated rings. The summed E-state index contributed by atoms with van der Waals surface area (Å²) in [6, 6.07) is 16.7. The lowest BCUT2D eigenvalue weighted by molar-refractivity contribution is -0.166. The number of aliphatic imine (C=N–C) groups is 1. The van der Waals surface area contributed by atoms with E-state index < -0.39 is 17.6 Å². The van der Waals surface area contributed by atoms with Crippen LogP contribution in [0, 0.1) is 32.1 Å². The molecule has 5 rings (SSSR count). The van der Waals surface area contributed by atoms with Crippen LogP contribution in [-0.4, -0.2) is 44.3 Å². The molecule has 1 N–H and O–H groups in total. The minimum absolute atomic E-state index is 0.187. The number of hydrogen-bond donors (Lipinski definition) is 1. The second kappa shape index (κ2) is 9.63. The Morgan fingerprint density at radius 3 is 2.47 bits per heavy atom. The fourth-order valence-corrected chi connectivity index (χ4v) is 6.24. The third-order valence-electron chi connectivity index (χ3n) is 7.34. The summed E-state index contributed by atoms with van der Waals surface area (Å²) in [7, 11) is 1.40. The van der Waals surface area contributed by atoms with E-state index >= 15 is 0 Å². The Kier molecular flexibility index (Phi) is 6.47.